The third-order valence-corrected chi connectivity index (χ3v) is 4.01. The Kier molecular flexibility index (Phi) is 4.28. The van der Waals surface area contributed by atoms with E-state index in [0.717, 1.165) is 12.3 Å². The lowest BCUT2D eigenvalue weighted by Crippen LogP contribution is -2.33. The van der Waals surface area contributed by atoms with E-state index in [1.165, 1.54) is 12.2 Å². The van der Waals surface area contributed by atoms with E-state index in [2.05, 4.69) is 25.2 Å². The highest BCUT2D eigenvalue weighted by Gasteiger charge is 2.22. The van der Waals surface area contributed by atoms with Crippen molar-refractivity contribution in [2.45, 2.75) is 19.4 Å². The normalized spacial score (nSPS) is 19.4. The van der Waals surface area contributed by atoms with Gasteiger partial charge in [0.2, 0.25) is 17.2 Å². The Morgan fingerprint density at radius 2 is 2.29 bits per heavy atom. The average Bonchev–Trinajstić information content (AvgIpc) is 2.81. The quantitative estimate of drug-likeness (QED) is 0.904. The lowest BCUT2D eigenvalue weighted by atomic mass is 10.2. The first-order valence-electron chi connectivity index (χ1n) is 5.66. The Labute approximate surface area is 110 Å². The van der Waals surface area contributed by atoms with Crippen LogP contribution in [0.4, 0.5) is 11.9 Å². The third-order valence-electron chi connectivity index (χ3n) is 2.70. The van der Waals surface area contributed by atoms with Crippen molar-refractivity contribution in [2.75, 3.05) is 35.3 Å². The molecule has 0 aliphatic carbocycles. The Morgan fingerprint density at radius 1 is 1.47 bits per heavy atom. The van der Waals surface area contributed by atoms with Crippen molar-refractivity contribution in [1.29, 1.82) is 0 Å². The molecule has 1 aromatic rings. The van der Waals surface area contributed by atoms with Crippen LogP contribution in [0.1, 0.15) is 13.3 Å². The van der Waals surface area contributed by atoms with Crippen LogP contribution in [0.5, 0.6) is 0 Å². The van der Waals surface area contributed by atoms with E-state index in [1.54, 1.807) is 0 Å². The molecule has 0 radical (unpaired) electrons. The molecule has 1 atom stereocenters. The summed E-state index contributed by atoms with van der Waals surface area (Å²) in [7, 11) is 2.01. The molecule has 1 N–H and O–H groups in total. The van der Waals surface area contributed by atoms with Crippen LogP contribution in [0.15, 0.2) is 0 Å². The molecule has 0 saturated carbocycles. The number of thioether (sulfide) groups is 1. The summed E-state index contributed by atoms with van der Waals surface area (Å²) >= 11 is 7.86. The number of rotatable bonds is 4. The van der Waals surface area contributed by atoms with Gasteiger partial charge in [0.05, 0.1) is 0 Å². The topological polar surface area (TPSA) is 53.9 Å². The number of hydrogen-bond acceptors (Lipinski definition) is 6. The lowest BCUT2D eigenvalue weighted by Gasteiger charge is -2.23. The number of hydrogen-bond donors (Lipinski definition) is 1. The molecular formula is C10H16ClN5S. The highest BCUT2D eigenvalue weighted by Crippen LogP contribution is 2.24. The van der Waals surface area contributed by atoms with Crippen LogP contribution in [0.25, 0.3) is 0 Å². The molecule has 0 aromatic carbocycles. The minimum absolute atomic E-state index is 0.239. The second-order valence-electron chi connectivity index (χ2n) is 3.89. The summed E-state index contributed by atoms with van der Waals surface area (Å²) in [6.07, 6.45) is 1.17. The average molecular weight is 274 g/mol. The summed E-state index contributed by atoms with van der Waals surface area (Å²) in [4.78, 5) is 14.7. The van der Waals surface area contributed by atoms with Gasteiger partial charge >= 0.3 is 0 Å². The molecule has 1 aliphatic rings. The van der Waals surface area contributed by atoms with E-state index < -0.39 is 0 Å². The maximum Gasteiger partial charge on any atom is 0.231 e. The number of nitrogens with zero attached hydrogens (tertiary/aromatic N) is 4. The van der Waals surface area contributed by atoms with E-state index in [4.69, 9.17) is 11.6 Å². The molecule has 17 heavy (non-hydrogen) atoms. The molecule has 1 saturated heterocycles. The lowest BCUT2D eigenvalue weighted by molar-refractivity contribution is 0.679. The fourth-order valence-corrected chi connectivity index (χ4v) is 3.15. The highest BCUT2D eigenvalue weighted by molar-refractivity contribution is 7.99. The molecule has 1 aliphatic heterocycles. The molecule has 1 fully saturated rings. The second-order valence-corrected chi connectivity index (χ2v) is 5.37. The molecule has 94 valence electrons. The maximum atomic E-state index is 5.90. The summed E-state index contributed by atoms with van der Waals surface area (Å²) in [5.74, 6) is 3.51. The molecule has 2 rings (SSSR count). The predicted octanol–water partition coefficient (Wildman–Crippen LogP) is 1.90. The molecule has 1 aromatic heterocycles. The summed E-state index contributed by atoms with van der Waals surface area (Å²) < 4.78 is 0. The zero-order valence-corrected chi connectivity index (χ0v) is 11.6. The van der Waals surface area contributed by atoms with Gasteiger partial charge in [0.25, 0.3) is 0 Å². The van der Waals surface area contributed by atoms with Gasteiger partial charge in [0.15, 0.2) is 0 Å². The van der Waals surface area contributed by atoms with Crippen LogP contribution < -0.4 is 10.2 Å². The first-order valence-corrected chi connectivity index (χ1v) is 7.20. The van der Waals surface area contributed by atoms with Gasteiger partial charge in [0.1, 0.15) is 0 Å². The van der Waals surface area contributed by atoms with Gasteiger partial charge in [-0.15, -0.1) is 0 Å². The van der Waals surface area contributed by atoms with E-state index >= 15 is 0 Å². The first kappa shape index (κ1) is 12.7. The van der Waals surface area contributed by atoms with Crippen molar-refractivity contribution in [1.82, 2.24) is 15.0 Å². The maximum absolute atomic E-state index is 5.90. The van der Waals surface area contributed by atoms with Crippen molar-refractivity contribution in [3.8, 4) is 0 Å². The monoisotopic (exact) mass is 273 g/mol. The second kappa shape index (κ2) is 5.73. The number of nitrogens with one attached hydrogen (secondary N) is 1. The van der Waals surface area contributed by atoms with E-state index in [-0.39, 0.29) is 5.28 Å². The largest absolute Gasteiger partial charge is 0.354 e. The first-order chi connectivity index (χ1) is 8.20. The van der Waals surface area contributed by atoms with Gasteiger partial charge in [-0.2, -0.15) is 26.7 Å². The smallest absolute Gasteiger partial charge is 0.231 e. The van der Waals surface area contributed by atoms with Crippen LogP contribution in [0.3, 0.4) is 0 Å². The fraction of sp³-hybridized carbons (Fsp3) is 0.700. The van der Waals surface area contributed by atoms with Crippen LogP contribution in [-0.2, 0) is 0 Å². The van der Waals surface area contributed by atoms with Crippen molar-refractivity contribution in [2.24, 2.45) is 0 Å². The van der Waals surface area contributed by atoms with Gasteiger partial charge in [-0.1, -0.05) is 0 Å². The predicted molar refractivity (Wildman–Crippen MR) is 73.1 cm³/mol. The Balaban J connectivity index is 2.18. The van der Waals surface area contributed by atoms with Gasteiger partial charge < -0.3 is 10.2 Å². The van der Waals surface area contributed by atoms with Crippen LogP contribution >= 0.6 is 23.4 Å². The molecule has 0 bridgehead atoms. The summed E-state index contributed by atoms with van der Waals surface area (Å²) in [5, 5.41) is 3.29. The van der Waals surface area contributed by atoms with Crippen molar-refractivity contribution in [3.63, 3.8) is 0 Å². The molecule has 2 heterocycles. The SMILES string of the molecule is CCNc1nc(Cl)nc(N(C)C2CCSC2)n1. The fourth-order valence-electron chi connectivity index (χ4n) is 1.73. The minimum atomic E-state index is 0.239. The molecule has 0 spiro atoms. The van der Waals surface area contributed by atoms with Gasteiger partial charge in [-0.25, -0.2) is 0 Å². The Morgan fingerprint density at radius 3 is 2.94 bits per heavy atom. The van der Waals surface area contributed by atoms with Gasteiger partial charge in [-0.3, -0.25) is 0 Å². The van der Waals surface area contributed by atoms with E-state index in [1.807, 2.05) is 25.7 Å². The van der Waals surface area contributed by atoms with Crippen LogP contribution in [0, 0.1) is 0 Å². The highest BCUT2D eigenvalue weighted by atomic mass is 35.5. The summed E-state index contributed by atoms with van der Waals surface area (Å²) in [6, 6.07) is 0.493. The zero-order chi connectivity index (χ0) is 12.3. The van der Waals surface area contributed by atoms with Gasteiger partial charge in [0, 0.05) is 25.4 Å². The van der Waals surface area contributed by atoms with Gasteiger partial charge in [-0.05, 0) is 30.7 Å². The van der Waals surface area contributed by atoms with Crippen molar-refractivity contribution >= 4 is 35.3 Å². The summed E-state index contributed by atoms with van der Waals surface area (Å²) in [5.41, 5.74) is 0. The molecular weight excluding hydrogens is 258 g/mol. The zero-order valence-electron chi connectivity index (χ0n) is 9.98. The number of aromatic nitrogens is 3. The van der Waals surface area contributed by atoms with Crippen LogP contribution in [0.2, 0.25) is 5.28 Å². The minimum Gasteiger partial charge on any atom is -0.354 e. The van der Waals surface area contributed by atoms with Crippen LogP contribution in [-0.4, -0.2) is 46.1 Å². The standard InChI is InChI=1S/C10H16ClN5S/c1-3-12-9-13-8(11)14-10(15-9)16(2)7-4-5-17-6-7/h7H,3-6H2,1-2H3,(H,12,13,14,15). The van der Waals surface area contributed by atoms with E-state index in [9.17, 15) is 0 Å². The third kappa shape index (κ3) is 3.13. The van der Waals surface area contributed by atoms with E-state index in [0.29, 0.717) is 17.9 Å². The Bertz CT molecular complexity index is 383. The van der Waals surface area contributed by atoms with Crippen molar-refractivity contribution < 1.29 is 0 Å². The summed E-state index contributed by atoms with van der Waals surface area (Å²) in [6.45, 7) is 2.76. The Hall–Kier alpha value is -0.750. The number of anilines is 2. The molecule has 0 amide bonds. The molecule has 7 heteroatoms. The molecule has 1 unspecified atom stereocenters. The number of halogens is 1. The molecule has 5 nitrogen and oxygen atoms in total. The van der Waals surface area contributed by atoms with Crippen molar-refractivity contribution in [3.05, 3.63) is 5.28 Å².